The van der Waals surface area contributed by atoms with E-state index in [9.17, 15) is 14.4 Å². The average Bonchev–Trinajstić information content (AvgIpc) is 3.36. The topological polar surface area (TPSA) is 78.9 Å². The van der Waals surface area contributed by atoms with Gasteiger partial charge in [0.05, 0.1) is 0 Å². The minimum absolute atomic E-state index is 0.0703. The molecule has 70 heavy (non-hydrogen) atoms. The minimum atomic E-state index is -0.773. The van der Waals surface area contributed by atoms with Crippen LogP contribution in [-0.2, 0) is 28.6 Å². The molecule has 412 valence electrons. The molecule has 0 fully saturated rings. The Hall–Kier alpha value is -2.11. The van der Waals surface area contributed by atoms with E-state index in [0.717, 1.165) is 64.2 Å². The summed E-state index contributed by atoms with van der Waals surface area (Å²) >= 11 is 0. The fourth-order valence-electron chi connectivity index (χ4n) is 9.44. The Kier molecular flexibility index (Phi) is 57.7. The molecule has 0 bridgehead atoms. The van der Waals surface area contributed by atoms with Gasteiger partial charge in [-0.2, -0.15) is 0 Å². The highest BCUT2D eigenvalue weighted by atomic mass is 16.6. The van der Waals surface area contributed by atoms with Gasteiger partial charge in [-0.05, 0) is 70.6 Å². The SMILES string of the molecule is CCCCCCCCC/C=C\CCCCCCCC(=O)OC(COC(=O)CCCCCCCCCCC/C=C\CCCCCCCCCC)COC(=O)CCCCCCCCCCCCCCCCC. The molecule has 0 N–H and O–H groups in total. The zero-order chi connectivity index (χ0) is 50.7. The molecule has 0 spiro atoms. The minimum Gasteiger partial charge on any atom is -0.462 e. The van der Waals surface area contributed by atoms with E-state index in [2.05, 4.69) is 45.1 Å². The lowest BCUT2D eigenvalue weighted by atomic mass is 10.0. The number of hydrogen-bond donors (Lipinski definition) is 0. The van der Waals surface area contributed by atoms with Gasteiger partial charge in [0, 0.05) is 19.3 Å². The molecule has 6 nitrogen and oxygen atoms in total. The standard InChI is InChI=1S/C64H120O6/c1-4-7-10-13-16-19-22-25-28-30-31-32-33-34-37-39-42-45-48-51-54-57-63(66)69-60-61(59-68-62(65)56-53-50-47-44-41-38-35-27-24-21-18-15-12-9-6-3)70-64(67)58-55-52-49-46-43-40-36-29-26-23-20-17-14-11-8-5-2/h29-31,36,61H,4-28,32-35,37-60H2,1-3H3/b31-30-,36-29-. The van der Waals surface area contributed by atoms with Crippen LogP contribution in [0.1, 0.15) is 348 Å². The zero-order valence-electron chi connectivity index (χ0n) is 47.3. The highest BCUT2D eigenvalue weighted by molar-refractivity contribution is 5.71. The summed E-state index contributed by atoms with van der Waals surface area (Å²) in [6, 6.07) is 0. The first-order chi connectivity index (χ1) is 34.5. The van der Waals surface area contributed by atoms with Crippen molar-refractivity contribution in [3.63, 3.8) is 0 Å². The van der Waals surface area contributed by atoms with Crippen molar-refractivity contribution in [3.8, 4) is 0 Å². The fraction of sp³-hybridized carbons (Fsp3) is 0.891. The summed E-state index contributed by atoms with van der Waals surface area (Å²) in [7, 11) is 0. The first kappa shape index (κ1) is 67.9. The quantitative estimate of drug-likeness (QED) is 0.0261. The summed E-state index contributed by atoms with van der Waals surface area (Å²) in [5, 5.41) is 0. The normalized spacial score (nSPS) is 12.1. The molecule has 0 saturated heterocycles. The summed E-state index contributed by atoms with van der Waals surface area (Å²) in [5.41, 5.74) is 0. The van der Waals surface area contributed by atoms with Crippen LogP contribution >= 0.6 is 0 Å². The maximum atomic E-state index is 12.9. The van der Waals surface area contributed by atoms with Crippen LogP contribution in [0.4, 0.5) is 0 Å². The second kappa shape index (κ2) is 59.5. The third-order valence-corrected chi connectivity index (χ3v) is 14.2. The molecule has 0 aromatic heterocycles. The maximum Gasteiger partial charge on any atom is 0.306 e. The summed E-state index contributed by atoms with van der Waals surface area (Å²) in [6.45, 7) is 6.69. The van der Waals surface area contributed by atoms with Gasteiger partial charge in [-0.15, -0.1) is 0 Å². The molecule has 0 aliphatic carbocycles. The molecule has 0 amide bonds. The maximum absolute atomic E-state index is 12.9. The molecule has 0 rings (SSSR count). The Morgan fingerprint density at radius 2 is 0.471 bits per heavy atom. The van der Waals surface area contributed by atoms with Crippen molar-refractivity contribution in [2.24, 2.45) is 0 Å². The Morgan fingerprint density at radius 1 is 0.271 bits per heavy atom. The van der Waals surface area contributed by atoms with E-state index in [1.807, 2.05) is 0 Å². The highest BCUT2D eigenvalue weighted by Crippen LogP contribution is 2.17. The average molecular weight is 986 g/mol. The second-order valence-electron chi connectivity index (χ2n) is 21.3. The van der Waals surface area contributed by atoms with Gasteiger partial charge in [0.25, 0.3) is 0 Å². The number of allylic oxidation sites excluding steroid dienone is 4. The molecule has 1 unspecified atom stereocenters. The number of carbonyl (C=O) groups excluding carboxylic acids is 3. The Balaban J connectivity index is 4.31. The first-order valence-corrected chi connectivity index (χ1v) is 31.3. The monoisotopic (exact) mass is 985 g/mol. The van der Waals surface area contributed by atoms with E-state index in [1.54, 1.807) is 0 Å². The van der Waals surface area contributed by atoms with Crippen molar-refractivity contribution < 1.29 is 28.6 Å². The van der Waals surface area contributed by atoms with Gasteiger partial charge in [-0.25, -0.2) is 0 Å². The van der Waals surface area contributed by atoms with Gasteiger partial charge in [0.1, 0.15) is 13.2 Å². The van der Waals surface area contributed by atoms with Crippen LogP contribution < -0.4 is 0 Å². The predicted molar refractivity (Wildman–Crippen MR) is 303 cm³/mol. The number of hydrogen-bond acceptors (Lipinski definition) is 6. The molecule has 6 heteroatoms. The smallest absolute Gasteiger partial charge is 0.306 e. The number of rotatable bonds is 58. The third-order valence-electron chi connectivity index (χ3n) is 14.2. The van der Waals surface area contributed by atoms with E-state index in [-0.39, 0.29) is 31.1 Å². The molecule has 0 heterocycles. The molecule has 0 aromatic carbocycles. The van der Waals surface area contributed by atoms with Crippen LogP contribution in [0.5, 0.6) is 0 Å². The van der Waals surface area contributed by atoms with Crippen LogP contribution in [0, 0.1) is 0 Å². The Labute approximate surface area is 436 Å². The van der Waals surface area contributed by atoms with Gasteiger partial charge < -0.3 is 14.2 Å². The molecular formula is C64H120O6. The van der Waals surface area contributed by atoms with Gasteiger partial charge >= 0.3 is 17.9 Å². The first-order valence-electron chi connectivity index (χ1n) is 31.3. The second-order valence-corrected chi connectivity index (χ2v) is 21.3. The largest absolute Gasteiger partial charge is 0.462 e. The number of unbranched alkanes of at least 4 members (excludes halogenated alkanes) is 43. The highest BCUT2D eigenvalue weighted by Gasteiger charge is 2.19. The van der Waals surface area contributed by atoms with E-state index in [4.69, 9.17) is 14.2 Å². The van der Waals surface area contributed by atoms with E-state index in [1.165, 1.54) is 244 Å². The number of ether oxygens (including phenoxy) is 3. The lowest BCUT2D eigenvalue weighted by Gasteiger charge is -2.18. The fourth-order valence-corrected chi connectivity index (χ4v) is 9.44. The molecule has 0 radical (unpaired) electrons. The Morgan fingerprint density at radius 3 is 0.714 bits per heavy atom. The number of carbonyl (C=O) groups is 3. The van der Waals surface area contributed by atoms with Crippen LogP contribution in [0.2, 0.25) is 0 Å². The van der Waals surface area contributed by atoms with Crippen molar-refractivity contribution in [2.45, 2.75) is 354 Å². The summed E-state index contributed by atoms with van der Waals surface area (Å²) in [5.74, 6) is -0.856. The van der Waals surface area contributed by atoms with Crippen molar-refractivity contribution in [1.29, 1.82) is 0 Å². The molecule has 1 atom stereocenters. The van der Waals surface area contributed by atoms with Crippen molar-refractivity contribution in [1.82, 2.24) is 0 Å². The van der Waals surface area contributed by atoms with Crippen LogP contribution in [0.15, 0.2) is 24.3 Å². The van der Waals surface area contributed by atoms with Crippen molar-refractivity contribution in [3.05, 3.63) is 24.3 Å². The lowest BCUT2D eigenvalue weighted by Crippen LogP contribution is -2.30. The zero-order valence-corrected chi connectivity index (χ0v) is 47.3. The van der Waals surface area contributed by atoms with Crippen molar-refractivity contribution in [2.75, 3.05) is 13.2 Å². The third kappa shape index (κ3) is 56.8. The van der Waals surface area contributed by atoms with E-state index >= 15 is 0 Å². The van der Waals surface area contributed by atoms with Crippen LogP contribution in [0.25, 0.3) is 0 Å². The molecule has 0 aromatic rings. The number of esters is 3. The van der Waals surface area contributed by atoms with E-state index < -0.39 is 6.10 Å². The molecular weight excluding hydrogens is 865 g/mol. The van der Waals surface area contributed by atoms with Crippen molar-refractivity contribution >= 4 is 17.9 Å². The van der Waals surface area contributed by atoms with Crippen LogP contribution in [0.3, 0.4) is 0 Å². The Bertz CT molecular complexity index is 1130. The van der Waals surface area contributed by atoms with Crippen LogP contribution in [-0.4, -0.2) is 37.2 Å². The summed E-state index contributed by atoms with van der Waals surface area (Å²) in [6.07, 6.45) is 70.3. The summed E-state index contributed by atoms with van der Waals surface area (Å²) in [4.78, 5) is 38.3. The summed E-state index contributed by atoms with van der Waals surface area (Å²) < 4.78 is 16.9. The van der Waals surface area contributed by atoms with Gasteiger partial charge in [-0.3, -0.25) is 14.4 Å². The molecule has 0 saturated carbocycles. The van der Waals surface area contributed by atoms with Gasteiger partial charge in [0.2, 0.25) is 0 Å². The van der Waals surface area contributed by atoms with Gasteiger partial charge in [0.15, 0.2) is 6.10 Å². The molecule has 0 aliphatic rings. The lowest BCUT2D eigenvalue weighted by molar-refractivity contribution is -0.167. The van der Waals surface area contributed by atoms with Gasteiger partial charge in [-0.1, -0.05) is 283 Å². The van der Waals surface area contributed by atoms with E-state index in [0.29, 0.717) is 19.3 Å². The molecule has 0 aliphatic heterocycles. The predicted octanol–water partition coefficient (Wildman–Crippen LogP) is 21.1.